The van der Waals surface area contributed by atoms with E-state index in [0.717, 1.165) is 49.3 Å². The van der Waals surface area contributed by atoms with Crippen molar-refractivity contribution < 1.29 is 14.6 Å². The third-order valence-electron chi connectivity index (χ3n) is 5.82. The SMILES string of the molecule is CC(C)(C)OC(=O)N1CC(N2CCN(C(C)(CO)c3ccc(Br)cc3)CC2)C1. The first-order valence-electron chi connectivity index (χ1n) is 9.96. The molecule has 1 N–H and O–H groups in total. The topological polar surface area (TPSA) is 56.2 Å². The molecular weight excluding hydrogens is 422 g/mol. The number of likely N-dealkylation sites (tertiary alicyclic amines) is 1. The van der Waals surface area contributed by atoms with Crippen LogP contribution >= 0.6 is 15.9 Å². The van der Waals surface area contributed by atoms with Gasteiger partial charge in [-0.25, -0.2) is 4.79 Å². The second-order valence-electron chi connectivity index (χ2n) is 9.00. The Morgan fingerprint density at radius 1 is 1.11 bits per heavy atom. The first-order valence-corrected chi connectivity index (χ1v) is 10.8. The molecule has 0 spiro atoms. The maximum Gasteiger partial charge on any atom is 0.410 e. The summed E-state index contributed by atoms with van der Waals surface area (Å²) in [5, 5.41) is 10.2. The van der Waals surface area contributed by atoms with Gasteiger partial charge >= 0.3 is 6.09 Å². The Morgan fingerprint density at radius 3 is 2.18 bits per heavy atom. The molecule has 2 saturated heterocycles. The standard InChI is InChI=1S/C21H32BrN3O3/c1-20(2,3)28-19(27)24-13-18(14-24)23-9-11-25(12-10-23)21(4,15-26)16-5-7-17(22)8-6-16/h5-8,18,26H,9-15H2,1-4H3. The lowest BCUT2D eigenvalue weighted by Crippen LogP contribution is -2.66. The second kappa shape index (κ2) is 8.30. The number of rotatable bonds is 4. The number of halogens is 1. The summed E-state index contributed by atoms with van der Waals surface area (Å²) in [5.41, 5.74) is 0.302. The molecule has 7 heteroatoms. The third-order valence-corrected chi connectivity index (χ3v) is 6.35. The molecule has 1 unspecified atom stereocenters. The van der Waals surface area contributed by atoms with Crippen molar-refractivity contribution in [1.82, 2.24) is 14.7 Å². The van der Waals surface area contributed by atoms with Gasteiger partial charge in [0.1, 0.15) is 5.60 Å². The minimum atomic E-state index is -0.449. The Balaban J connectivity index is 1.52. The van der Waals surface area contributed by atoms with Crippen LogP contribution in [0.15, 0.2) is 28.7 Å². The molecule has 1 aromatic rings. The van der Waals surface area contributed by atoms with E-state index in [1.165, 1.54) is 0 Å². The summed E-state index contributed by atoms with van der Waals surface area (Å²) in [6.07, 6.45) is -0.217. The van der Waals surface area contributed by atoms with Crippen molar-refractivity contribution in [3.63, 3.8) is 0 Å². The lowest BCUT2D eigenvalue weighted by atomic mass is 9.90. The Kier molecular flexibility index (Phi) is 6.39. The van der Waals surface area contributed by atoms with Crippen LogP contribution in [0.2, 0.25) is 0 Å². The maximum atomic E-state index is 12.1. The van der Waals surface area contributed by atoms with Gasteiger partial charge in [0.05, 0.1) is 12.1 Å². The van der Waals surface area contributed by atoms with E-state index in [-0.39, 0.29) is 18.2 Å². The maximum absolute atomic E-state index is 12.1. The van der Waals surface area contributed by atoms with Gasteiger partial charge in [-0.2, -0.15) is 0 Å². The fraction of sp³-hybridized carbons (Fsp3) is 0.667. The van der Waals surface area contributed by atoms with E-state index in [0.29, 0.717) is 6.04 Å². The van der Waals surface area contributed by atoms with Crippen molar-refractivity contribution in [3.8, 4) is 0 Å². The molecule has 2 aliphatic heterocycles. The van der Waals surface area contributed by atoms with Gasteiger partial charge in [0.2, 0.25) is 0 Å². The van der Waals surface area contributed by atoms with Crippen LogP contribution < -0.4 is 0 Å². The quantitative estimate of drug-likeness (QED) is 0.759. The largest absolute Gasteiger partial charge is 0.444 e. The molecule has 1 atom stereocenters. The van der Waals surface area contributed by atoms with E-state index in [1.807, 2.05) is 32.9 Å². The van der Waals surface area contributed by atoms with E-state index in [2.05, 4.69) is 44.8 Å². The molecule has 28 heavy (non-hydrogen) atoms. The number of hydrogen-bond acceptors (Lipinski definition) is 5. The molecule has 0 aliphatic carbocycles. The summed E-state index contributed by atoms with van der Waals surface area (Å²) in [5.74, 6) is 0. The number of piperazine rings is 1. The van der Waals surface area contributed by atoms with E-state index < -0.39 is 5.60 Å². The molecule has 0 aromatic heterocycles. The highest BCUT2D eigenvalue weighted by molar-refractivity contribution is 9.10. The summed E-state index contributed by atoms with van der Waals surface area (Å²) >= 11 is 3.48. The fourth-order valence-corrected chi connectivity index (χ4v) is 4.19. The lowest BCUT2D eigenvalue weighted by Gasteiger charge is -2.50. The van der Waals surface area contributed by atoms with E-state index >= 15 is 0 Å². The first kappa shape index (κ1) is 21.6. The Morgan fingerprint density at radius 2 is 1.68 bits per heavy atom. The number of nitrogens with zero attached hydrogens (tertiary/aromatic N) is 3. The average molecular weight is 454 g/mol. The number of ether oxygens (including phenoxy) is 1. The smallest absolute Gasteiger partial charge is 0.410 e. The molecule has 156 valence electrons. The third kappa shape index (κ3) is 4.70. The molecule has 2 heterocycles. The van der Waals surface area contributed by atoms with E-state index in [1.54, 1.807) is 4.90 Å². The highest BCUT2D eigenvalue weighted by Crippen LogP contribution is 2.31. The molecule has 2 aliphatic rings. The van der Waals surface area contributed by atoms with E-state index in [9.17, 15) is 9.90 Å². The van der Waals surface area contributed by atoms with Crippen LogP contribution in [-0.4, -0.2) is 83.4 Å². The number of carbonyl (C=O) groups excluding carboxylic acids is 1. The van der Waals surface area contributed by atoms with Crippen LogP contribution in [0.25, 0.3) is 0 Å². The number of hydrogen-bond donors (Lipinski definition) is 1. The van der Waals surface area contributed by atoms with Crippen LogP contribution in [0.4, 0.5) is 4.79 Å². The molecule has 6 nitrogen and oxygen atoms in total. The van der Waals surface area contributed by atoms with Crippen molar-refractivity contribution >= 4 is 22.0 Å². The molecule has 0 saturated carbocycles. The van der Waals surface area contributed by atoms with Crippen LogP contribution in [0.3, 0.4) is 0 Å². The predicted molar refractivity (Wildman–Crippen MR) is 113 cm³/mol. The van der Waals surface area contributed by atoms with Crippen LogP contribution in [0.5, 0.6) is 0 Å². The molecule has 2 fully saturated rings. The fourth-order valence-electron chi connectivity index (χ4n) is 3.93. The van der Waals surface area contributed by atoms with Crippen molar-refractivity contribution in [2.45, 2.75) is 44.9 Å². The van der Waals surface area contributed by atoms with Gasteiger partial charge in [0, 0.05) is 49.8 Å². The van der Waals surface area contributed by atoms with Gasteiger partial charge in [-0.3, -0.25) is 9.80 Å². The van der Waals surface area contributed by atoms with Crippen molar-refractivity contribution in [3.05, 3.63) is 34.3 Å². The number of aliphatic hydroxyl groups excluding tert-OH is 1. The summed E-state index contributed by atoms with van der Waals surface area (Å²) in [4.78, 5) is 18.7. The number of benzene rings is 1. The molecule has 0 bridgehead atoms. The van der Waals surface area contributed by atoms with Crippen LogP contribution in [-0.2, 0) is 10.3 Å². The molecule has 3 rings (SSSR count). The predicted octanol–water partition coefficient (Wildman–Crippen LogP) is 2.89. The van der Waals surface area contributed by atoms with Crippen molar-refractivity contribution in [2.75, 3.05) is 45.9 Å². The highest BCUT2D eigenvalue weighted by Gasteiger charge is 2.40. The number of carbonyl (C=O) groups is 1. The van der Waals surface area contributed by atoms with Gasteiger partial charge < -0.3 is 14.7 Å². The zero-order valence-electron chi connectivity index (χ0n) is 17.3. The molecule has 0 radical (unpaired) electrons. The van der Waals surface area contributed by atoms with Gasteiger partial charge in [-0.1, -0.05) is 28.1 Å². The zero-order chi connectivity index (χ0) is 20.5. The lowest BCUT2D eigenvalue weighted by molar-refractivity contribution is -0.0449. The van der Waals surface area contributed by atoms with Crippen LogP contribution in [0, 0.1) is 0 Å². The van der Waals surface area contributed by atoms with E-state index in [4.69, 9.17) is 4.74 Å². The van der Waals surface area contributed by atoms with Crippen LogP contribution in [0.1, 0.15) is 33.3 Å². The number of amides is 1. The van der Waals surface area contributed by atoms with Gasteiger partial charge in [0.15, 0.2) is 0 Å². The molecule has 1 aromatic carbocycles. The molecule has 1 amide bonds. The normalized spacial score (nSPS) is 21.9. The second-order valence-corrected chi connectivity index (χ2v) is 9.92. The average Bonchev–Trinajstić information content (AvgIpc) is 2.59. The minimum Gasteiger partial charge on any atom is -0.444 e. The Labute approximate surface area is 176 Å². The monoisotopic (exact) mass is 453 g/mol. The highest BCUT2D eigenvalue weighted by atomic mass is 79.9. The first-order chi connectivity index (χ1) is 13.1. The summed E-state index contributed by atoms with van der Waals surface area (Å²) < 4.78 is 6.48. The summed E-state index contributed by atoms with van der Waals surface area (Å²) in [6, 6.07) is 8.62. The Hall–Kier alpha value is -1.15. The molecular formula is C21H32BrN3O3. The number of aliphatic hydroxyl groups is 1. The summed E-state index contributed by atoms with van der Waals surface area (Å²) in [6.45, 7) is 13.0. The Bertz CT molecular complexity index is 677. The zero-order valence-corrected chi connectivity index (χ0v) is 18.9. The summed E-state index contributed by atoms with van der Waals surface area (Å²) in [7, 11) is 0. The van der Waals surface area contributed by atoms with Crippen molar-refractivity contribution in [1.29, 1.82) is 0 Å². The minimum absolute atomic E-state index is 0.0878. The van der Waals surface area contributed by atoms with Crippen molar-refractivity contribution in [2.24, 2.45) is 0 Å². The van der Waals surface area contributed by atoms with Gasteiger partial charge in [0.25, 0.3) is 0 Å². The van der Waals surface area contributed by atoms with Gasteiger partial charge in [-0.05, 0) is 45.4 Å². The van der Waals surface area contributed by atoms with Gasteiger partial charge in [-0.15, -0.1) is 0 Å².